The molecule has 0 aliphatic heterocycles. The van der Waals surface area contributed by atoms with Crippen LogP contribution < -0.4 is 4.90 Å². The van der Waals surface area contributed by atoms with Crippen LogP contribution in [0, 0.1) is 6.92 Å². The number of nitrogens with zero attached hydrogens (tertiary/aromatic N) is 3. The molecule has 1 rings (SSSR count). The Labute approximate surface area is 94.9 Å². The second-order valence-corrected chi connectivity index (χ2v) is 3.64. The predicted molar refractivity (Wildman–Crippen MR) is 61.4 cm³/mol. The van der Waals surface area contributed by atoms with Gasteiger partial charge in [0.15, 0.2) is 0 Å². The number of anilines is 1. The molecule has 0 saturated heterocycles. The second-order valence-electron chi connectivity index (χ2n) is 3.30. The highest BCUT2D eigenvalue weighted by atomic mass is 35.5. The Bertz CT molecular complexity index is 320. The molecule has 1 aromatic rings. The molecule has 1 heterocycles. The summed E-state index contributed by atoms with van der Waals surface area (Å²) in [5.41, 5.74) is 0.999. The number of aliphatic hydroxyl groups excluding tert-OH is 1. The molecule has 0 unspecified atom stereocenters. The molecule has 0 spiro atoms. The van der Waals surface area contributed by atoms with E-state index in [4.69, 9.17) is 16.7 Å². The van der Waals surface area contributed by atoms with Gasteiger partial charge in [0.25, 0.3) is 0 Å². The van der Waals surface area contributed by atoms with Crippen molar-refractivity contribution in [3.63, 3.8) is 0 Å². The van der Waals surface area contributed by atoms with E-state index in [2.05, 4.69) is 14.9 Å². The SMILES string of the molecule is CCN(CCCO)c1nc(Cl)ncc1C. The first-order chi connectivity index (χ1) is 7.19. The summed E-state index contributed by atoms with van der Waals surface area (Å²) in [7, 11) is 0. The first-order valence-corrected chi connectivity index (χ1v) is 5.41. The molecule has 1 aromatic heterocycles. The van der Waals surface area contributed by atoms with Crippen molar-refractivity contribution in [3.05, 3.63) is 17.0 Å². The number of aliphatic hydroxyl groups is 1. The zero-order valence-corrected chi connectivity index (χ0v) is 9.83. The van der Waals surface area contributed by atoms with Crippen LogP contribution >= 0.6 is 11.6 Å². The van der Waals surface area contributed by atoms with Crippen LogP contribution in [0.3, 0.4) is 0 Å². The van der Waals surface area contributed by atoms with Gasteiger partial charge >= 0.3 is 0 Å². The fraction of sp³-hybridized carbons (Fsp3) is 0.600. The van der Waals surface area contributed by atoms with E-state index in [-0.39, 0.29) is 11.9 Å². The zero-order chi connectivity index (χ0) is 11.3. The summed E-state index contributed by atoms with van der Waals surface area (Å²) in [6.45, 7) is 5.81. The van der Waals surface area contributed by atoms with Crippen molar-refractivity contribution in [3.8, 4) is 0 Å². The Hall–Kier alpha value is -0.870. The Kier molecular flexibility index (Phi) is 4.78. The molecule has 4 nitrogen and oxygen atoms in total. The zero-order valence-electron chi connectivity index (χ0n) is 9.07. The minimum atomic E-state index is 0.189. The lowest BCUT2D eigenvalue weighted by Gasteiger charge is -2.22. The minimum Gasteiger partial charge on any atom is -0.396 e. The Morgan fingerprint density at radius 1 is 1.53 bits per heavy atom. The maximum atomic E-state index is 8.80. The maximum absolute atomic E-state index is 8.80. The Morgan fingerprint density at radius 2 is 2.27 bits per heavy atom. The quantitative estimate of drug-likeness (QED) is 0.780. The molecule has 0 amide bonds. The normalized spacial score (nSPS) is 10.4. The molecule has 0 fully saturated rings. The van der Waals surface area contributed by atoms with Crippen LogP contribution in [0.25, 0.3) is 0 Å². The molecule has 0 saturated carbocycles. The van der Waals surface area contributed by atoms with Gasteiger partial charge in [0.2, 0.25) is 5.28 Å². The molecular weight excluding hydrogens is 214 g/mol. The van der Waals surface area contributed by atoms with Crippen LogP contribution in [0.15, 0.2) is 6.20 Å². The van der Waals surface area contributed by atoms with Gasteiger partial charge in [-0.15, -0.1) is 0 Å². The van der Waals surface area contributed by atoms with Gasteiger partial charge in [-0.1, -0.05) is 0 Å². The first kappa shape index (κ1) is 12.2. The maximum Gasteiger partial charge on any atom is 0.224 e. The minimum absolute atomic E-state index is 0.189. The van der Waals surface area contributed by atoms with Crippen LogP contribution in [0.4, 0.5) is 5.82 Å². The highest BCUT2D eigenvalue weighted by Gasteiger charge is 2.09. The summed E-state index contributed by atoms with van der Waals surface area (Å²) in [6, 6.07) is 0. The third kappa shape index (κ3) is 3.32. The van der Waals surface area contributed by atoms with E-state index in [1.165, 1.54) is 0 Å². The number of rotatable bonds is 5. The third-order valence-corrected chi connectivity index (χ3v) is 2.37. The van der Waals surface area contributed by atoms with Gasteiger partial charge in [0.05, 0.1) is 0 Å². The summed E-state index contributed by atoms with van der Waals surface area (Å²) in [5, 5.41) is 9.06. The number of halogens is 1. The molecule has 84 valence electrons. The van der Waals surface area contributed by atoms with Crippen molar-refractivity contribution in [1.82, 2.24) is 9.97 Å². The van der Waals surface area contributed by atoms with Gasteiger partial charge in [-0.3, -0.25) is 0 Å². The molecule has 0 aliphatic carbocycles. The van der Waals surface area contributed by atoms with Crippen molar-refractivity contribution in [2.24, 2.45) is 0 Å². The topological polar surface area (TPSA) is 49.2 Å². The lowest BCUT2D eigenvalue weighted by molar-refractivity contribution is 0.289. The van der Waals surface area contributed by atoms with Gasteiger partial charge < -0.3 is 10.0 Å². The largest absolute Gasteiger partial charge is 0.396 e. The monoisotopic (exact) mass is 229 g/mol. The molecule has 0 radical (unpaired) electrons. The van der Waals surface area contributed by atoms with Crippen LogP contribution in [0.1, 0.15) is 18.9 Å². The lowest BCUT2D eigenvalue weighted by Crippen LogP contribution is -2.26. The van der Waals surface area contributed by atoms with Crippen molar-refractivity contribution in [1.29, 1.82) is 0 Å². The van der Waals surface area contributed by atoms with Crippen LogP contribution in [-0.2, 0) is 0 Å². The van der Waals surface area contributed by atoms with Crippen molar-refractivity contribution < 1.29 is 5.11 Å². The third-order valence-electron chi connectivity index (χ3n) is 2.18. The first-order valence-electron chi connectivity index (χ1n) is 5.04. The summed E-state index contributed by atoms with van der Waals surface area (Å²) in [5.74, 6) is 0.853. The predicted octanol–water partition coefficient (Wildman–Crippen LogP) is 1.65. The number of hydrogen-bond donors (Lipinski definition) is 1. The molecule has 5 heteroatoms. The van der Waals surface area contributed by atoms with Gasteiger partial charge in [0, 0.05) is 31.5 Å². The van der Waals surface area contributed by atoms with Crippen molar-refractivity contribution in [2.45, 2.75) is 20.3 Å². The molecule has 1 N–H and O–H groups in total. The van der Waals surface area contributed by atoms with Gasteiger partial charge in [-0.05, 0) is 31.9 Å². The smallest absolute Gasteiger partial charge is 0.224 e. The number of aromatic nitrogens is 2. The Balaban J connectivity index is 2.85. The summed E-state index contributed by atoms with van der Waals surface area (Å²) in [4.78, 5) is 10.2. The van der Waals surface area contributed by atoms with E-state index >= 15 is 0 Å². The van der Waals surface area contributed by atoms with Crippen LogP contribution in [-0.4, -0.2) is 34.8 Å². The van der Waals surface area contributed by atoms with Crippen LogP contribution in [0.5, 0.6) is 0 Å². The fourth-order valence-corrected chi connectivity index (χ4v) is 1.54. The van der Waals surface area contributed by atoms with Crippen molar-refractivity contribution in [2.75, 3.05) is 24.6 Å². The highest BCUT2D eigenvalue weighted by molar-refractivity contribution is 6.28. The Morgan fingerprint density at radius 3 is 2.87 bits per heavy atom. The van der Waals surface area contributed by atoms with E-state index in [0.717, 1.165) is 30.9 Å². The molecule has 0 bridgehead atoms. The van der Waals surface area contributed by atoms with Crippen molar-refractivity contribution >= 4 is 17.4 Å². The molecule has 0 aliphatic rings. The van der Waals surface area contributed by atoms with Gasteiger partial charge in [0.1, 0.15) is 5.82 Å². The molecule has 0 atom stereocenters. The molecular formula is C10H16ClN3O. The van der Waals surface area contributed by atoms with Crippen LogP contribution in [0.2, 0.25) is 5.28 Å². The molecule has 0 aromatic carbocycles. The fourth-order valence-electron chi connectivity index (χ4n) is 1.41. The summed E-state index contributed by atoms with van der Waals surface area (Å²) in [6.07, 6.45) is 2.45. The summed E-state index contributed by atoms with van der Waals surface area (Å²) < 4.78 is 0. The van der Waals surface area contributed by atoms with E-state index in [1.807, 2.05) is 13.8 Å². The van der Waals surface area contributed by atoms with E-state index in [9.17, 15) is 0 Å². The van der Waals surface area contributed by atoms with E-state index < -0.39 is 0 Å². The second kappa shape index (κ2) is 5.88. The summed E-state index contributed by atoms with van der Waals surface area (Å²) >= 11 is 5.75. The standard InChI is InChI=1S/C10H16ClN3O/c1-3-14(5-4-6-15)9-8(2)7-12-10(11)13-9/h7,15H,3-6H2,1-2H3. The van der Waals surface area contributed by atoms with E-state index in [1.54, 1.807) is 6.20 Å². The number of hydrogen-bond acceptors (Lipinski definition) is 4. The molecule has 15 heavy (non-hydrogen) atoms. The average molecular weight is 230 g/mol. The van der Waals surface area contributed by atoms with E-state index in [0.29, 0.717) is 0 Å². The lowest BCUT2D eigenvalue weighted by atomic mass is 10.3. The average Bonchev–Trinajstić information content (AvgIpc) is 2.24. The van der Waals surface area contributed by atoms with Gasteiger partial charge in [-0.25, -0.2) is 9.97 Å². The number of aryl methyl sites for hydroxylation is 1. The van der Waals surface area contributed by atoms with Gasteiger partial charge in [-0.2, -0.15) is 0 Å². The highest BCUT2D eigenvalue weighted by Crippen LogP contribution is 2.17.